The lowest BCUT2D eigenvalue weighted by molar-refractivity contribution is -0.120. The number of fused-ring (bicyclic) bond motifs is 1. The minimum Gasteiger partial charge on any atom is -0.326 e. The molecule has 0 atom stereocenters. The van der Waals surface area contributed by atoms with E-state index in [9.17, 15) is 13.2 Å². The number of aryl methyl sites for hydroxylation is 2. The van der Waals surface area contributed by atoms with Crippen molar-refractivity contribution in [2.24, 2.45) is 5.92 Å². The van der Waals surface area contributed by atoms with Crippen LogP contribution >= 0.6 is 0 Å². The van der Waals surface area contributed by atoms with E-state index in [1.165, 1.54) is 4.31 Å². The van der Waals surface area contributed by atoms with E-state index < -0.39 is 10.0 Å². The third-order valence-corrected chi connectivity index (χ3v) is 7.85. The molecule has 6 heteroatoms. The average molecular weight is 423 g/mol. The zero-order valence-electron chi connectivity index (χ0n) is 17.3. The van der Waals surface area contributed by atoms with Crippen LogP contribution in [-0.4, -0.2) is 31.7 Å². The molecule has 0 unspecified atom stereocenters. The van der Waals surface area contributed by atoms with Gasteiger partial charge < -0.3 is 5.32 Å². The summed E-state index contributed by atoms with van der Waals surface area (Å²) in [5, 5.41) is 5.19. The molecule has 3 aromatic rings. The first-order chi connectivity index (χ1) is 14.3. The van der Waals surface area contributed by atoms with Crippen LogP contribution in [0.5, 0.6) is 0 Å². The number of nitrogens with one attached hydrogen (secondary N) is 1. The van der Waals surface area contributed by atoms with Gasteiger partial charge in [-0.25, -0.2) is 8.42 Å². The highest BCUT2D eigenvalue weighted by atomic mass is 32.2. The fraction of sp³-hybridized carbons (Fsp3) is 0.292. The molecule has 0 radical (unpaired) electrons. The molecule has 0 aromatic heterocycles. The van der Waals surface area contributed by atoms with Gasteiger partial charge in [-0.1, -0.05) is 36.4 Å². The van der Waals surface area contributed by atoms with Gasteiger partial charge in [0.15, 0.2) is 0 Å². The van der Waals surface area contributed by atoms with Gasteiger partial charge in [-0.3, -0.25) is 4.79 Å². The fourth-order valence-corrected chi connectivity index (χ4v) is 5.45. The van der Waals surface area contributed by atoms with Crippen molar-refractivity contribution in [3.8, 4) is 0 Å². The topological polar surface area (TPSA) is 66.5 Å². The van der Waals surface area contributed by atoms with Gasteiger partial charge in [-0.2, -0.15) is 4.31 Å². The Hall–Kier alpha value is -2.70. The van der Waals surface area contributed by atoms with Crippen LogP contribution in [0, 0.1) is 19.8 Å². The van der Waals surface area contributed by atoms with E-state index in [1.807, 2.05) is 62.4 Å². The lowest BCUT2D eigenvalue weighted by Crippen LogP contribution is -2.41. The Balaban J connectivity index is 1.40. The predicted molar refractivity (Wildman–Crippen MR) is 120 cm³/mol. The number of amides is 1. The monoisotopic (exact) mass is 422 g/mol. The maximum atomic E-state index is 13.0. The van der Waals surface area contributed by atoms with Gasteiger partial charge in [0.05, 0.1) is 4.90 Å². The van der Waals surface area contributed by atoms with Crippen LogP contribution in [0.2, 0.25) is 0 Å². The van der Waals surface area contributed by atoms with Crippen molar-refractivity contribution >= 4 is 32.4 Å². The highest BCUT2D eigenvalue weighted by Gasteiger charge is 2.32. The molecule has 0 spiro atoms. The smallest absolute Gasteiger partial charge is 0.243 e. The van der Waals surface area contributed by atoms with Gasteiger partial charge >= 0.3 is 0 Å². The Kier molecular flexibility index (Phi) is 5.62. The Bertz CT molecular complexity index is 1200. The van der Waals surface area contributed by atoms with Gasteiger partial charge in [0.2, 0.25) is 15.9 Å². The Morgan fingerprint density at radius 2 is 1.60 bits per heavy atom. The Morgan fingerprint density at radius 3 is 2.30 bits per heavy atom. The summed E-state index contributed by atoms with van der Waals surface area (Å²) in [7, 11) is -3.53. The first-order valence-electron chi connectivity index (χ1n) is 10.2. The van der Waals surface area contributed by atoms with Crippen LogP contribution in [0.1, 0.15) is 24.0 Å². The van der Waals surface area contributed by atoms with Gasteiger partial charge in [-0.15, -0.1) is 0 Å². The van der Waals surface area contributed by atoms with E-state index in [-0.39, 0.29) is 11.8 Å². The summed E-state index contributed by atoms with van der Waals surface area (Å²) in [4.78, 5) is 13.1. The standard InChI is InChI=1S/C24H26N2O3S/c1-17-7-10-23(15-18(17)2)30(28,29)26-13-11-20(12-14-26)24(27)25-22-9-8-19-5-3-4-6-21(19)16-22/h3-10,15-16,20H,11-14H2,1-2H3,(H,25,27). The molecule has 1 N–H and O–H groups in total. The van der Waals surface area contributed by atoms with Crippen molar-refractivity contribution in [2.75, 3.05) is 18.4 Å². The molecule has 1 aliphatic heterocycles. The van der Waals surface area contributed by atoms with Gasteiger partial charge in [0.25, 0.3) is 0 Å². The van der Waals surface area contributed by atoms with E-state index in [1.54, 1.807) is 12.1 Å². The lowest BCUT2D eigenvalue weighted by Gasteiger charge is -2.30. The molecule has 0 saturated carbocycles. The summed E-state index contributed by atoms with van der Waals surface area (Å²) in [5.41, 5.74) is 2.79. The molecule has 0 bridgehead atoms. The average Bonchev–Trinajstić information content (AvgIpc) is 2.75. The summed E-state index contributed by atoms with van der Waals surface area (Å²) >= 11 is 0. The maximum Gasteiger partial charge on any atom is 0.243 e. The van der Waals surface area contributed by atoms with Crippen molar-refractivity contribution in [3.05, 3.63) is 71.8 Å². The summed E-state index contributed by atoms with van der Waals surface area (Å²) in [5.74, 6) is -0.240. The molecule has 30 heavy (non-hydrogen) atoms. The summed E-state index contributed by atoms with van der Waals surface area (Å²) < 4.78 is 27.4. The molecule has 1 amide bonds. The third-order valence-electron chi connectivity index (χ3n) is 5.96. The van der Waals surface area contributed by atoms with Crippen LogP contribution < -0.4 is 5.32 Å². The Labute approximate surface area is 177 Å². The third kappa shape index (κ3) is 4.11. The first-order valence-corrected chi connectivity index (χ1v) is 11.7. The van der Waals surface area contributed by atoms with E-state index in [4.69, 9.17) is 0 Å². The molecular weight excluding hydrogens is 396 g/mol. The van der Waals surface area contributed by atoms with Crippen LogP contribution in [0.15, 0.2) is 65.6 Å². The van der Waals surface area contributed by atoms with Gasteiger partial charge in [-0.05, 0) is 72.9 Å². The normalized spacial score (nSPS) is 15.9. The van der Waals surface area contributed by atoms with E-state index in [2.05, 4.69) is 5.32 Å². The molecule has 1 heterocycles. The number of rotatable bonds is 4. The summed E-state index contributed by atoms with van der Waals surface area (Å²) in [6, 6.07) is 19.1. The molecular formula is C24H26N2O3S. The second-order valence-electron chi connectivity index (χ2n) is 7.98. The highest BCUT2D eigenvalue weighted by Crippen LogP contribution is 2.26. The largest absolute Gasteiger partial charge is 0.326 e. The second kappa shape index (κ2) is 8.20. The van der Waals surface area contributed by atoms with Crippen LogP contribution in [0.3, 0.4) is 0 Å². The number of piperidine rings is 1. The second-order valence-corrected chi connectivity index (χ2v) is 9.91. The minimum atomic E-state index is -3.53. The number of hydrogen-bond acceptors (Lipinski definition) is 3. The molecule has 0 aliphatic carbocycles. The molecule has 4 rings (SSSR count). The Morgan fingerprint density at radius 1 is 0.900 bits per heavy atom. The summed E-state index contributed by atoms with van der Waals surface area (Å²) in [6.07, 6.45) is 1.03. The van der Waals surface area contributed by atoms with Crippen molar-refractivity contribution in [1.82, 2.24) is 4.31 Å². The molecule has 3 aromatic carbocycles. The van der Waals surface area contributed by atoms with Crippen LogP contribution in [-0.2, 0) is 14.8 Å². The van der Waals surface area contributed by atoms with Crippen molar-refractivity contribution < 1.29 is 13.2 Å². The van der Waals surface area contributed by atoms with Crippen molar-refractivity contribution in [3.63, 3.8) is 0 Å². The van der Waals surface area contributed by atoms with Crippen LogP contribution in [0.4, 0.5) is 5.69 Å². The van der Waals surface area contributed by atoms with Crippen molar-refractivity contribution in [2.45, 2.75) is 31.6 Å². The van der Waals surface area contributed by atoms with Gasteiger partial charge in [0, 0.05) is 24.7 Å². The van der Waals surface area contributed by atoms with Crippen LogP contribution in [0.25, 0.3) is 10.8 Å². The number of carbonyl (C=O) groups is 1. The number of hydrogen-bond donors (Lipinski definition) is 1. The molecule has 156 valence electrons. The summed E-state index contributed by atoms with van der Waals surface area (Å²) in [6.45, 7) is 4.58. The molecule has 5 nitrogen and oxygen atoms in total. The molecule has 1 fully saturated rings. The highest BCUT2D eigenvalue weighted by molar-refractivity contribution is 7.89. The number of nitrogens with zero attached hydrogens (tertiary/aromatic N) is 1. The quantitative estimate of drug-likeness (QED) is 0.673. The SMILES string of the molecule is Cc1ccc(S(=O)(=O)N2CCC(C(=O)Nc3ccc4ccccc4c3)CC2)cc1C. The van der Waals surface area contributed by atoms with Crippen molar-refractivity contribution in [1.29, 1.82) is 0 Å². The zero-order chi connectivity index (χ0) is 21.3. The van der Waals surface area contributed by atoms with E-state index in [0.29, 0.717) is 30.8 Å². The van der Waals surface area contributed by atoms with E-state index in [0.717, 1.165) is 27.6 Å². The number of anilines is 1. The molecule has 1 aliphatic rings. The van der Waals surface area contributed by atoms with E-state index >= 15 is 0 Å². The fourth-order valence-electron chi connectivity index (χ4n) is 3.89. The van der Waals surface area contributed by atoms with Gasteiger partial charge in [0.1, 0.15) is 0 Å². The number of benzene rings is 3. The number of sulfonamides is 1. The first kappa shape index (κ1) is 20.6. The minimum absolute atomic E-state index is 0.0477. The zero-order valence-corrected chi connectivity index (χ0v) is 18.1. The number of carbonyl (C=O) groups excluding carboxylic acids is 1. The maximum absolute atomic E-state index is 13.0. The predicted octanol–water partition coefficient (Wildman–Crippen LogP) is 4.50. The molecule has 1 saturated heterocycles. The lowest BCUT2D eigenvalue weighted by atomic mass is 9.97.